The van der Waals surface area contributed by atoms with E-state index in [-0.39, 0.29) is 24.0 Å². The maximum atomic E-state index is 13.6. The molecule has 0 aliphatic rings. The SMILES string of the molecule is Cc1cc(Nc2c[nH]c(C#N)n2)nc(-c2cnc(C(=O)NCc3ccc(-c4cc(F)cnc4C)nc3)c(C)c2)n1. The number of aryl methyl sites for hydroxylation is 3. The van der Waals surface area contributed by atoms with Crippen molar-refractivity contribution >= 4 is 17.5 Å². The lowest BCUT2D eigenvalue weighted by Gasteiger charge is -2.10. The first-order valence-electron chi connectivity index (χ1n) is 12.2. The van der Waals surface area contributed by atoms with E-state index >= 15 is 0 Å². The molecule has 5 rings (SSSR count). The average molecular weight is 535 g/mol. The number of aromatic nitrogens is 7. The average Bonchev–Trinajstić information content (AvgIpc) is 3.40. The van der Waals surface area contributed by atoms with Crippen molar-refractivity contribution in [1.29, 1.82) is 5.26 Å². The molecule has 198 valence electrons. The van der Waals surface area contributed by atoms with Crippen LogP contribution in [0.5, 0.6) is 0 Å². The molecule has 0 saturated carbocycles. The van der Waals surface area contributed by atoms with E-state index in [9.17, 15) is 9.18 Å². The van der Waals surface area contributed by atoms with Gasteiger partial charge in [0.25, 0.3) is 5.91 Å². The van der Waals surface area contributed by atoms with Crippen LogP contribution in [-0.2, 0) is 6.54 Å². The Balaban J connectivity index is 1.27. The fraction of sp³-hybridized carbons (Fsp3) is 0.143. The monoisotopic (exact) mass is 534 g/mol. The topological polar surface area (TPSA) is 158 Å². The van der Waals surface area contributed by atoms with Gasteiger partial charge in [-0.15, -0.1) is 0 Å². The minimum atomic E-state index is -0.428. The molecule has 5 heterocycles. The van der Waals surface area contributed by atoms with Gasteiger partial charge in [0.05, 0.1) is 11.9 Å². The van der Waals surface area contributed by atoms with E-state index in [1.807, 2.05) is 19.1 Å². The first-order chi connectivity index (χ1) is 19.3. The van der Waals surface area contributed by atoms with E-state index < -0.39 is 5.82 Å². The molecule has 0 saturated heterocycles. The summed E-state index contributed by atoms with van der Waals surface area (Å²) in [7, 11) is 0. The molecular weight excluding hydrogens is 511 g/mol. The van der Waals surface area contributed by atoms with E-state index in [0.29, 0.717) is 51.2 Å². The Labute approximate surface area is 228 Å². The van der Waals surface area contributed by atoms with Gasteiger partial charge < -0.3 is 15.6 Å². The molecule has 0 aromatic carbocycles. The molecule has 40 heavy (non-hydrogen) atoms. The minimum absolute atomic E-state index is 0.187. The third kappa shape index (κ3) is 5.78. The van der Waals surface area contributed by atoms with Crippen LogP contribution in [0.4, 0.5) is 16.0 Å². The highest BCUT2D eigenvalue weighted by Crippen LogP contribution is 2.23. The van der Waals surface area contributed by atoms with Crippen molar-refractivity contribution in [3.05, 3.63) is 95.0 Å². The normalized spacial score (nSPS) is 10.7. The highest BCUT2D eigenvalue weighted by molar-refractivity contribution is 5.94. The Kier molecular flexibility index (Phi) is 7.19. The smallest absolute Gasteiger partial charge is 0.270 e. The molecule has 1 amide bonds. The van der Waals surface area contributed by atoms with Crippen molar-refractivity contribution < 1.29 is 9.18 Å². The van der Waals surface area contributed by atoms with Crippen LogP contribution in [0.25, 0.3) is 22.6 Å². The second-order valence-electron chi connectivity index (χ2n) is 9.00. The van der Waals surface area contributed by atoms with Crippen molar-refractivity contribution in [1.82, 2.24) is 40.2 Å². The van der Waals surface area contributed by atoms with Gasteiger partial charge in [-0.05, 0) is 50.1 Å². The predicted octanol–water partition coefficient (Wildman–Crippen LogP) is 4.33. The molecule has 5 aromatic heterocycles. The Hall–Kier alpha value is -5.57. The Morgan fingerprint density at radius 3 is 2.58 bits per heavy atom. The fourth-order valence-corrected chi connectivity index (χ4v) is 3.99. The van der Waals surface area contributed by atoms with Crippen LogP contribution in [0, 0.1) is 37.9 Å². The summed E-state index contributed by atoms with van der Waals surface area (Å²) in [6.45, 7) is 5.66. The zero-order valence-electron chi connectivity index (χ0n) is 21.8. The molecular formula is C28H23FN10O. The molecule has 0 atom stereocenters. The lowest BCUT2D eigenvalue weighted by Crippen LogP contribution is -2.24. The quantitative estimate of drug-likeness (QED) is 0.276. The predicted molar refractivity (Wildman–Crippen MR) is 145 cm³/mol. The van der Waals surface area contributed by atoms with Crippen LogP contribution < -0.4 is 10.6 Å². The molecule has 5 aromatic rings. The number of carbonyl (C=O) groups excluding carboxylic acids is 1. The van der Waals surface area contributed by atoms with Gasteiger partial charge in [0, 0.05) is 53.7 Å². The number of aromatic amines is 1. The van der Waals surface area contributed by atoms with E-state index in [1.54, 1.807) is 50.6 Å². The lowest BCUT2D eigenvalue weighted by atomic mass is 10.1. The van der Waals surface area contributed by atoms with Gasteiger partial charge in [-0.3, -0.25) is 19.7 Å². The maximum Gasteiger partial charge on any atom is 0.270 e. The number of nitrogens with zero attached hydrogens (tertiary/aromatic N) is 7. The van der Waals surface area contributed by atoms with Crippen LogP contribution in [0.15, 0.2) is 55.1 Å². The number of imidazole rings is 1. The van der Waals surface area contributed by atoms with E-state index in [4.69, 9.17) is 5.26 Å². The lowest BCUT2D eigenvalue weighted by molar-refractivity contribution is 0.0945. The largest absolute Gasteiger partial charge is 0.347 e. The maximum absolute atomic E-state index is 13.6. The Morgan fingerprint density at radius 1 is 1.00 bits per heavy atom. The number of amides is 1. The molecule has 0 aliphatic carbocycles. The van der Waals surface area contributed by atoms with Crippen molar-refractivity contribution in [2.75, 3.05) is 5.32 Å². The summed E-state index contributed by atoms with van der Waals surface area (Å²) in [5, 5.41) is 14.9. The van der Waals surface area contributed by atoms with Crippen molar-refractivity contribution in [2.45, 2.75) is 27.3 Å². The van der Waals surface area contributed by atoms with Crippen molar-refractivity contribution in [2.24, 2.45) is 0 Å². The number of rotatable bonds is 7. The summed E-state index contributed by atoms with van der Waals surface area (Å²) in [6.07, 6.45) is 5.92. The number of H-pyrrole nitrogens is 1. The summed E-state index contributed by atoms with van der Waals surface area (Å²) in [5.41, 5.74) is 4.96. The Bertz CT molecular complexity index is 1760. The van der Waals surface area contributed by atoms with E-state index in [0.717, 1.165) is 5.56 Å². The van der Waals surface area contributed by atoms with Crippen molar-refractivity contribution in [3.63, 3.8) is 0 Å². The van der Waals surface area contributed by atoms with Gasteiger partial charge in [0.15, 0.2) is 11.6 Å². The van der Waals surface area contributed by atoms with Crippen molar-refractivity contribution in [3.8, 4) is 28.7 Å². The van der Waals surface area contributed by atoms with Gasteiger partial charge in [-0.2, -0.15) is 5.26 Å². The molecule has 0 spiro atoms. The van der Waals surface area contributed by atoms with E-state index in [1.165, 1.54) is 12.3 Å². The molecule has 0 bridgehead atoms. The molecule has 0 radical (unpaired) electrons. The fourth-order valence-electron chi connectivity index (χ4n) is 3.99. The first-order valence-corrected chi connectivity index (χ1v) is 12.2. The van der Waals surface area contributed by atoms with Crippen LogP contribution in [0.1, 0.15) is 38.8 Å². The van der Waals surface area contributed by atoms with Crippen LogP contribution in [-0.4, -0.2) is 40.8 Å². The summed E-state index contributed by atoms with van der Waals surface area (Å²) in [5.74, 6) is 0.803. The second-order valence-corrected chi connectivity index (χ2v) is 9.00. The van der Waals surface area contributed by atoms with Gasteiger partial charge in [0.2, 0.25) is 5.82 Å². The highest BCUT2D eigenvalue weighted by Gasteiger charge is 2.15. The summed E-state index contributed by atoms with van der Waals surface area (Å²) in [6, 6.07) is 10.5. The van der Waals surface area contributed by atoms with Gasteiger partial charge in [-0.25, -0.2) is 19.3 Å². The van der Waals surface area contributed by atoms with Crippen LogP contribution in [0.3, 0.4) is 0 Å². The molecule has 3 N–H and O–H groups in total. The minimum Gasteiger partial charge on any atom is -0.347 e. The number of nitrogens with one attached hydrogen (secondary N) is 3. The number of hydrogen-bond donors (Lipinski definition) is 3. The Morgan fingerprint density at radius 2 is 1.85 bits per heavy atom. The van der Waals surface area contributed by atoms with Gasteiger partial charge in [-0.1, -0.05) is 6.07 Å². The van der Waals surface area contributed by atoms with Crippen LogP contribution in [0.2, 0.25) is 0 Å². The summed E-state index contributed by atoms with van der Waals surface area (Å²) >= 11 is 0. The highest BCUT2D eigenvalue weighted by atomic mass is 19.1. The van der Waals surface area contributed by atoms with Crippen LogP contribution >= 0.6 is 0 Å². The number of nitriles is 1. The summed E-state index contributed by atoms with van der Waals surface area (Å²) in [4.78, 5) is 41.6. The third-order valence-corrected chi connectivity index (χ3v) is 5.95. The number of halogens is 1. The van der Waals surface area contributed by atoms with Gasteiger partial charge in [0.1, 0.15) is 23.4 Å². The number of anilines is 2. The molecule has 11 nitrogen and oxygen atoms in total. The van der Waals surface area contributed by atoms with Gasteiger partial charge >= 0.3 is 0 Å². The summed E-state index contributed by atoms with van der Waals surface area (Å²) < 4.78 is 13.6. The molecule has 0 fully saturated rings. The third-order valence-electron chi connectivity index (χ3n) is 5.95. The number of carbonyl (C=O) groups is 1. The standard InChI is InChI=1S/C28H23FN10O/c1-15-6-19(27-36-16(2)7-23(39-27)37-25-14-33-24(9-30)38-25)12-34-26(15)28(40)35-11-18-4-5-22(32-10-18)21-8-20(29)13-31-17(21)3/h4-8,10,12-14H,11H2,1-3H3,(H,33,38)(H,35,40)(H,36,37,39). The zero-order chi connectivity index (χ0) is 28.2. The van der Waals surface area contributed by atoms with E-state index in [2.05, 4.69) is 45.5 Å². The second kappa shape index (κ2) is 11.0. The zero-order valence-corrected chi connectivity index (χ0v) is 21.8. The molecule has 0 unspecified atom stereocenters. The molecule has 0 aliphatic heterocycles. The number of pyridine rings is 3. The first kappa shape index (κ1) is 26.1. The molecule has 12 heteroatoms. The number of hydrogen-bond acceptors (Lipinski definition) is 9.